The summed E-state index contributed by atoms with van der Waals surface area (Å²) in [6, 6.07) is 0. The van der Waals surface area contributed by atoms with Gasteiger partial charge in [0.05, 0.1) is 10.8 Å². The third-order valence-electron chi connectivity index (χ3n) is 2.72. The Bertz CT molecular complexity index is 427. The predicted molar refractivity (Wildman–Crippen MR) is 66.6 cm³/mol. The maximum atomic E-state index is 12.1. The Morgan fingerprint density at radius 1 is 1.47 bits per heavy atom. The van der Waals surface area contributed by atoms with E-state index in [0.717, 1.165) is 37.0 Å². The van der Waals surface area contributed by atoms with Gasteiger partial charge in [0, 0.05) is 11.8 Å². The Morgan fingerprint density at radius 2 is 2.18 bits per heavy atom. The Labute approximate surface area is 106 Å². The van der Waals surface area contributed by atoms with Crippen LogP contribution in [0.3, 0.4) is 0 Å². The average molecular weight is 273 g/mol. The third-order valence-corrected chi connectivity index (χ3v) is 5.68. The van der Waals surface area contributed by atoms with Crippen LogP contribution < -0.4 is 5.32 Å². The first-order valence-electron chi connectivity index (χ1n) is 5.74. The van der Waals surface area contributed by atoms with Crippen LogP contribution in [-0.2, 0) is 10.8 Å². The van der Waals surface area contributed by atoms with Crippen molar-refractivity contribution in [3.05, 3.63) is 5.01 Å². The van der Waals surface area contributed by atoms with Crippen molar-refractivity contribution in [1.29, 1.82) is 0 Å². The lowest BCUT2D eigenvalue weighted by atomic mass is 10.4. The lowest BCUT2D eigenvalue weighted by molar-refractivity contribution is 0.0954. The number of amides is 1. The number of rotatable bonds is 4. The second-order valence-electron chi connectivity index (χ2n) is 3.94. The fourth-order valence-electron chi connectivity index (χ4n) is 1.86. The Hall–Kier alpha value is -0.820. The molecule has 1 aliphatic rings. The highest BCUT2D eigenvalue weighted by Crippen LogP contribution is 2.27. The van der Waals surface area contributed by atoms with Crippen LogP contribution in [0.4, 0.5) is 0 Å². The predicted octanol–water partition coefficient (Wildman–Crippen LogP) is 1.34. The molecule has 1 unspecified atom stereocenters. The van der Waals surface area contributed by atoms with Crippen LogP contribution in [-0.4, -0.2) is 32.1 Å². The van der Waals surface area contributed by atoms with Crippen molar-refractivity contribution in [2.75, 3.05) is 6.54 Å². The quantitative estimate of drug-likeness (QED) is 0.898. The molecule has 1 saturated carbocycles. The van der Waals surface area contributed by atoms with E-state index in [1.165, 1.54) is 0 Å². The van der Waals surface area contributed by atoms with Crippen molar-refractivity contribution >= 4 is 28.0 Å². The normalized spacial score (nSPS) is 18.2. The van der Waals surface area contributed by atoms with Gasteiger partial charge in [-0.15, -0.1) is 10.2 Å². The zero-order valence-corrected chi connectivity index (χ0v) is 11.3. The summed E-state index contributed by atoms with van der Waals surface area (Å²) < 4.78 is 12.6. The topological polar surface area (TPSA) is 72.0 Å². The molecule has 1 fully saturated rings. The molecule has 0 saturated heterocycles. The van der Waals surface area contributed by atoms with E-state index in [1.807, 2.05) is 6.92 Å². The highest BCUT2D eigenvalue weighted by molar-refractivity contribution is 7.87. The standard InChI is InChI=1S/C10H15N3O2S2/c1-2-11-8(14)9-12-13-10(16-9)17(15)7-5-3-4-6-7/h7H,2-6H2,1H3,(H,11,14). The second-order valence-corrected chi connectivity index (χ2v) is 6.82. The van der Waals surface area contributed by atoms with Gasteiger partial charge in [0.1, 0.15) is 0 Å². The first-order valence-corrected chi connectivity index (χ1v) is 7.77. The first-order chi connectivity index (χ1) is 8.22. The third kappa shape index (κ3) is 2.90. The van der Waals surface area contributed by atoms with Gasteiger partial charge in [-0.1, -0.05) is 24.2 Å². The summed E-state index contributed by atoms with van der Waals surface area (Å²) in [5, 5.41) is 10.8. The molecule has 0 radical (unpaired) electrons. The number of nitrogens with zero attached hydrogens (tertiary/aromatic N) is 2. The van der Waals surface area contributed by atoms with Crippen molar-refractivity contribution in [3.63, 3.8) is 0 Å². The van der Waals surface area contributed by atoms with Crippen molar-refractivity contribution in [1.82, 2.24) is 15.5 Å². The number of carbonyl (C=O) groups is 1. The molecular formula is C10H15N3O2S2. The van der Waals surface area contributed by atoms with Crippen LogP contribution in [0.1, 0.15) is 42.4 Å². The molecule has 1 aliphatic carbocycles. The second kappa shape index (κ2) is 5.68. The number of nitrogens with one attached hydrogen (secondary N) is 1. The van der Waals surface area contributed by atoms with Crippen LogP contribution in [0.5, 0.6) is 0 Å². The van der Waals surface area contributed by atoms with Crippen LogP contribution in [0.25, 0.3) is 0 Å². The summed E-state index contributed by atoms with van der Waals surface area (Å²) in [6.07, 6.45) is 4.25. The lowest BCUT2D eigenvalue weighted by Crippen LogP contribution is -2.22. The summed E-state index contributed by atoms with van der Waals surface area (Å²) in [5.74, 6) is -0.236. The van der Waals surface area contributed by atoms with Gasteiger partial charge in [-0.05, 0) is 19.8 Å². The van der Waals surface area contributed by atoms with Gasteiger partial charge in [-0.3, -0.25) is 9.00 Å². The Morgan fingerprint density at radius 3 is 2.82 bits per heavy atom. The molecule has 1 amide bonds. The molecular weight excluding hydrogens is 258 g/mol. The van der Waals surface area contributed by atoms with Crippen LogP contribution >= 0.6 is 11.3 Å². The lowest BCUT2D eigenvalue weighted by Gasteiger charge is -2.03. The van der Waals surface area contributed by atoms with Gasteiger partial charge in [0.25, 0.3) is 5.91 Å². The number of hydrogen-bond acceptors (Lipinski definition) is 5. The van der Waals surface area contributed by atoms with Gasteiger partial charge in [-0.2, -0.15) is 0 Å². The van der Waals surface area contributed by atoms with Crippen molar-refractivity contribution in [3.8, 4) is 0 Å². The van der Waals surface area contributed by atoms with Gasteiger partial charge >= 0.3 is 0 Å². The zero-order chi connectivity index (χ0) is 12.3. The monoisotopic (exact) mass is 273 g/mol. The molecule has 0 bridgehead atoms. The van der Waals surface area contributed by atoms with Crippen LogP contribution in [0, 0.1) is 0 Å². The molecule has 0 spiro atoms. The minimum atomic E-state index is -1.09. The molecule has 1 N–H and O–H groups in total. The SMILES string of the molecule is CCNC(=O)c1nnc(S(=O)C2CCCC2)s1. The first kappa shape index (κ1) is 12.6. The smallest absolute Gasteiger partial charge is 0.282 e. The summed E-state index contributed by atoms with van der Waals surface area (Å²) in [4.78, 5) is 11.5. The van der Waals surface area contributed by atoms with Gasteiger partial charge < -0.3 is 5.32 Å². The molecule has 7 heteroatoms. The number of aromatic nitrogens is 2. The van der Waals surface area contributed by atoms with E-state index >= 15 is 0 Å². The highest BCUT2D eigenvalue weighted by Gasteiger charge is 2.26. The van der Waals surface area contributed by atoms with E-state index in [2.05, 4.69) is 15.5 Å². The summed E-state index contributed by atoms with van der Waals surface area (Å²) in [7, 11) is -1.09. The number of carbonyl (C=O) groups excluding carboxylic acids is 1. The summed E-state index contributed by atoms with van der Waals surface area (Å²) >= 11 is 1.14. The Kier molecular flexibility index (Phi) is 4.22. The maximum absolute atomic E-state index is 12.1. The van der Waals surface area contributed by atoms with Crippen molar-refractivity contribution in [2.45, 2.75) is 42.2 Å². The molecule has 1 atom stereocenters. The summed E-state index contributed by atoms with van der Waals surface area (Å²) in [5.41, 5.74) is 0. The molecule has 0 aliphatic heterocycles. The molecule has 0 aromatic carbocycles. The van der Waals surface area contributed by atoms with Gasteiger partial charge in [0.2, 0.25) is 9.35 Å². The van der Waals surface area contributed by atoms with E-state index in [1.54, 1.807) is 0 Å². The highest BCUT2D eigenvalue weighted by atomic mass is 32.2. The van der Waals surface area contributed by atoms with E-state index in [-0.39, 0.29) is 11.2 Å². The van der Waals surface area contributed by atoms with E-state index in [0.29, 0.717) is 15.9 Å². The molecule has 1 heterocycles. The van der Waals surface area contributed by atoms with E-state index in [9.17, 15) is 9.00 Å². The molecule has 1 aromatic heterocycles. The largest absolute Gasteiger partial charge is 0.350 e. The van der Waals surface area contributed by atoms with Gasteiger partial charge in [0.15, 0.2) is 0 Å². The molecule has 2 rings (SSSR count). The average Bonchev–Trinajstić information content (AvgIpc) is 3.00. The molecule has 1 aromatic rings. The minimum Gasteiger partial charge on any atom is -0.350 e. The van der Waals surface area contributed by atoms with Crippen LogP contribution in [0.15, 0.2) is 4.34 Å². The van der Waals surface area contributed by atoms with E-state index in [4.69, 9.17) is 0 Å². The van der Waals surface area contributed by atoms with Crippen molar-refractivity contribution in [2.24, 2.45) is 0 Å². The van der Waals surface area contributed by atoms with Gasteiger partial charge in [-0.25, -0.2) is 0 Å². The maximum Gasteiger partial charge on any atom is 0.282 e. The minimum absolute atomic E-state index is 0.199. The molecule has 94 valence electrons. The van der Waals surface area contributed by atoms with Crippen LogP contribution in [0.2, 0.25) is 0 Å². The van der Waals surface area contributed by atoms with Crippen molar-refractivity contribution < 1.29 is 9.00 Å². The fraction of sp³-hybridized carbons (Fsp3) is 0.700. The zero-order valence-electron chi connectivity index (χ0n) is 9.64. The Balaban J connectivity index is 2.07. The molecule has 17 heavy (non-hydrogen) atoms. The summed E-state index contributed by atoms with van der Waals surface area (Å²) in [6.45, 7) is 2.40. The molecule has 5 nitrogen and oxygen atoms in total. The van der Waals surface area contributed by atoms with E-state index < -0.39 is 10.8 Å². The fourth-order valence-corrected chi connectivity index (χ4v) is 4.50. The number of hydrogen-bond donors (Lipinski definition) is 1.